The van der Waals surface area contributed by atoms with Gasteiger partial charge in [-0.1, -0.05) is 0 Å². The second kappa shape index (κ2) is 8.40. The van der Waals surface area contributed by atoms with E-state index in [0.29, 0.717) is 46.6 Å². The Morgan fingerprint density at radius 1 is 1.17 bits per heavy atom. The number of carbonyl (C=O) groups excluding carboxylic acids is 2. The van der Waals surface area contributed by atoms with Crippen molar-refractivity contribution < 1.29 is 28.2 Å². The highest BCUT2D eigenvalue weighted by Gasteiger charge is 2.25. The number of thiophene rings is 1. The average molecular weight is 413 g/mol. The Kier molecular flexibility index (Phi) is 5.53. The van der Waals surface area contributed by atoms with E-state index in [9.17, 15) is 9.59 Å². The molecule has 0 bridgehead atoms. The molecule has 0 saturated carbocycles. The topological polar surface area (TPSA) is 87.0 Å². The van der Waals surface area contributed by atoms with Gasteiger partial charge in [0.15, 0.2) is 11.5 Å². The Labute approximate surface area is 171 Å². The van der Waals surface area contributed by atoms with Gasteiger partial charge in [0.1, 0.15) is 16.3 Å². The molecule has 0 spiro atoms. The summed E-state index contributed by atoms with van der Waals surface area (Å²) in [6, 6.07) is 8.50. The Hall–Kier alpha value is -3.26. The van der Waals surface area contributed by atoms with E-state index in [4.69, 9.17) is 18.6 Å². The molecular weight excluding hydrogens is 394 g/mol. The van der Waals surface area contributed by atoms with Gasteiger partial charge in [-0.25, -0.2) is 4.79 Å². The number of fused-ring (bicyclic) bond motifs is 1. The van der Waals surface area contributed by atoms with Crippen molar-refractivity contribution in [3.63, 3.8) is 0 Å². The van der Waals surface area contributed by atoms with Gasteiger partial charge in [-0.2, -0.15) is 0 Å². The molecule has 0 saturated heterocycles. The normalized spacial score (nSPS) is 12.9. The van der Waals surface area contributed by atoms with Crippen LogP contribution in [0.2, 0.25) is 0 Å². The summed E-state index contributed by atoms with van der Waals surface area (Å²) in [5.74, 6) is 0.791. The number of hydrogen-bond acceptors (Lipinski definition) is 7. The smallest absolute Gasteiger partial charge is 0.341 e. The molecule has 7 nitrogen and oxygen atoms in total. The van der Waals surface area contributed by atoms with E-state index >= 15 is 0 Å². The lowest BCUT2D eigenvalue weighted by atomic mass is 10.1. The van der Waals surface area contributed by atoms with Crippen molar-refractivity contribution in [3.05, 3.63) is 53.1 Å². The first-order valence-corrected chi connectivity index (χ1v) is 10.1. The third-order valence-electron chi connectivity index (χ3n) is 4.29. The zero-order chi connectivity index (χ0) is 20.2. The molecule has 3 heterocycles. The lowest BCUT2D eigenvalue weighted by Crippen LogP contribution is -2.15. The lowest BCUT2D eigenvalue weighted by molar-refractivity contribution is 0.0529. The molecule has 0 unspecified atom stereocenters. The van der Waals surface area contributed by atoms with E-state index in [1.54, 1.807) is 42.6 Å². The van der Waals surface area contributed by atoms with Gasteiger partial charge in [0.25, 0.3) is 5.91 Å². The summed E-state index contributed by atoms with van der Waals surface area (Å²) < 4.78 is 21.8. The monoisotopic (exact) mass is 413 g/mol. The molecule has 0 radical (unpaired) electrons. The minimum atomic E-state index is -0.519. The zero-order valence-electron chi connectivity index (χ0n) is 15.7. The molecule has 1 aromatic carbocycles. The summed E-state index contributed by atoms with van der Waals surface area (Å²) in [5, 5.41) is 4.97. The average Bonchev–Trinajstić information content (AvgIpc) is 3.32. The lowest BCUT2D eigenvalue weighted by Gasteiger charge is -2.10. The fourth-order valence-corrected chi connectivity index (χ4v) is 3.88. The molecule has 29 heavy (non-hydrogen) atoms. The Morgan fingerprint density at radius 3 is 2.76 bits per heavy atom. The largest absolute Gasteiger partial charge is 0.490 e. The van der Waals surface area contributed by atoms with E-state index in [0.717, 1.165) is 6.42 Å². The van der Waals surface area contributed by atoms with Crippen LogP contribution < -0.4 is 14.8 Å². The number of amides is 1. The van der Waals surface area contributed by atoms with Gasteiger partial charge < -0.3 is 23.9 Å². The first-order valence-electron chi connectivity index (χ1n) is 9.21. The van der Waals surface area contributed by atoms with Crippen molar-refractivity contribution in [3.8, 4) is 22.8 Å². The van der Waals surface area contributed by atoms with E-state index in [1.807, 2.05) is 0 Å². The number of esters is 1. The molecular formula is C21H19NO6S. The number of furan rings is 1. The maximum Gasteiger partial charge on any atom is 0.341 e. The molecule has 8 heteroatoms. The fourth-order valence-electron chi connectivity index (χ4n) is 2.95. The molecule has 1 aliphatic heterocycles. The summed E-state index contributed by atoms with van der Waals surface area (Å²) in [6.07, 6.45) is 2.31. The van der Waals surface area contributed by atoms with Crippen LogP contribution in [0.15, 0.2) is 46.4 Å². The van der Waals surface area contributed by atoms with Gasteiger partial charge in [-0.15, -0.1) is 11.3 Å². The minimum Gasteiger partial charge on any atom is -0.490 e. The van der Waals surface area contributed by atoms with Crippen LogP contribution in [0, 0.1) is 0 Å². The molecule has 0 aliphatic carbocycles. The quantitative estimate of drug-likeness (QED) is 0.615. The van der Waals surface area contributed by atoms with Crippen LogP contribution in [-0.2, 0) is 4.74 Å². The van der Waals surface area contributed by atoms with Gasteiger partial charge in [-0.3, -0.25) is 4.79 Å². The minimum absolute atomic E-state index is 0.224. The van der Waals surface area contributed by atoms with Gasteiger partial charge in [-0.05, 0) is 37.3 Å². The van der Waals surface area contributed by atoms with E-state index < -0.39 is 5.97 Å². The second-order valence-electron chi connectivity index (χ2n) is 6.22. The first-order chi connectivity index (χ1) is 14.2. The number of benzene rings is 1. The van der Waals surface area contributed by atoms with Crippen LogP contribution in [0.25, 0.3) is 11.3 Å². The summed E-state index contributed by atoms with van der Waals surface area (Å²) in [5.41, 5.74) is 1.25. The fraction of sp³-hybridized carbons (Fsp3) is 0.238. The summed E-state index contributed by atoms with van der Waals surface area (Å²) >= 11 is 1.23. The highest BCUT2D eigenvalue weighted by atomic mass is 32.1. The van der Waals surface area contributed by atoms with Crippen LogP contribution in [0.3, 0.4) is 0 Å². The van der Waals surface area contributed by atoms with Crippen LogP contribution in [0.4, 0.5) is 5.00 Å². The standard InChI is InChI=1S/C21H19NO6S/c1-2-25-21(24)18-14(15-5-3-8-26-15)12-29-20(18)22-19(23)13-6-7-16-17(11-13)28-10-4-9-27-16/h3,5-8,11-12H,2,4,9-10H2,1H3,(H,22,23). The third-order valence-corrected chi connectivity index (χ3v) is 5.19. The molecule has 4 rings (SSSR count). The predicted octanol–water partition coefficient (Wildman–Crippen LogP) is 4.60. The van der Waals surface area contributed by atoms with Crippen molar-refractivity contribution in [2.75, 3.05) is 25.1 Å². The van der Waals surface area contributed by atoms with E-state index in [-0.39, 0.29) is 18.1 Å². The molecule has 1 aliphatic rings. The Balaban J connectivity index is 1.63. The molecule has 3 aromatic rings. The van der Waals surface area contributed by atoms with Crippen molar-refractivity contribution in [2.24, 2.45) is 0 Å². The number of rotatable bonds is 5. The number of hydrogen-bond donors (Lipinski definition) is 1. The number of anilines is 1. The number of carbonyl (C=O) groups is 2. The highest BCUT2D eigenvalue weighted by molar-refractivity contribution is 7.15. The summed E-state index contributed by atoms with van der Waals surface area (Å²) in [7, 11) is 0. The van der Waals surface area contributed by atoms with Crippen molar-refractivity contribution in [2.45, 2.75) is 13.3 Å². The van der Waals surface area contributed by atoms with Gasteiger partial charge in [0.2, 0.25) is 0 Å². The maximum atomic E-state index is 12.8. The van der Waals surface area contributed by atoms with Crippen molar-refractivity contribution >= 4 is 28.2 Å². The van der Waals surface area contributed by atoms with E-state index in [2.05, 4.69) is 5.32 Å². The Bertz CT molecular complexity index is 1020. The van der Waals surface area contributed by atoms with Gasteiger partial charge >= 0.3 is 5.97 Å². The summed E-state index contributed by atoms with van der Waals surface area (Å²) in [6.45, 7) is 3.06. The maximum absolute atomic E-state index is 12.8. The van der Waals surface area contributed by atoms with Crippen molar-refractivity contribution in [1.82, 2.24) is 0 Å². The number of nitrogens with one attached hydrogen (secondary N) is 1. The first kappa shape index (κ1) is 19.1. The van der Waals surface area contributed by atoms with Crippen LogP contribution in [0.5, 0.6) is 11.5 Å². The van der Waals surface area contributed by atoms with E-state index in [1.165, 1.54) is 17.6 Å². The van der Waals surface area contributed by atoms with Crippen LogP contribution in [-0.4, -0.2) is 31.7 Å². The second-order valence-corrected chi connectivity index (χ2v) is 7.10. The molecule has 1 N–H and O–H groups in total. The molecule has 150 valence electrons. The Morgan fingerprint density at radius 2 is 2.00 bits per heavy atom. The zero-order valence-corrected chi connectivity index (χ0v) is 16.5. The molecule has 2 aromatic heterocycles. The van der Waals surface area contributed by atoms with Gasteiger partial charge in [0, 0.05) is 22.9 Å². The summed E-state index contributed by atoms with van der Waals surface area (Å²) in [4.78, 5) is 25.4. The predicted molar refractivity (Wildman–Crippen MR) is 108 cm³/mol. The van der Waals surface area contributed by atoms with Crippen LogP contribution >= 0.6 is 11.3 Å². The van der Waals surface area contributed by atoms with Gasteiger partial charge in [0.05, 0.1) is 26.1 Å². The highest BCUT2D eigenvalue weighted by Crippen LogP contribution is 2.37. The number of ether oxygens (including phenoxy) is 3. The van der Waals surface area contributed by atoms with Crippen molar-refractivity contribution in [1.29, 1.82) is 0 Å². The molecule has 0 atom stereocenters. The molecule has 1 amide bonds. The molecule has 0 fully saturated rings. The SMILES string of the molecule is CCOC(=O)c1c(-c2ccco2)csc1NC(=O)c1ccc2c(c1)OCCCO2. The van der Waals surface area contributed by atoms with Crippen LogP contribution in [0.1, 0.15) is 34.1 Å². The third kappa shape index (κ3) is 3.97.